The topological polar surface area (TPSA) is 41.6 Å². The minimum atomic E-state index is 0.0220. The normalized spacial score (nSPS) is 13.3. The number of rotatable bonds is 8. The molecule has 29 heavy (non-hydrogen) atoms. The van der Waals surface area contributed by atoms with E-state index in [9.17, 15) is 4.79 Å². The highest BCUT2D eigenvalue weighted by atomic mass is 16.5. The number of para-hydroxylation sites is 1. The zero-order chi connectivity index (χ0) is 20.1. The van der Waals surface area contributed by atoms with Crippen molar-refractivity contribution in [1.29, 1.82) is 0 Å². The van der Waals surface area contributed by atoms with Gasteiger partial charge >= 0.3 is 0 Å². The predicted molar refractivity (Wildman–Crippen MR) is 117 cm³/mol. The van der Waals surface area contributed by atoms with E-state index in [1.54, 1.807) is 7.11 Å². The van der Waals surface area contributed by atoms with Crippen molar-refractivity contribution in [2.75, 3.05) is 19.0 Å². The Balaban J connectivity index is 1.44. The molecule has 148 valence electrons. The van der Waals surface area contributed by atoms with Crippen LogP contribution in [0.1, 0.15) is 18.4 Å². The minimum Gasteiger partial charge on any atom is -0.497 e. The molecule has 0 aromatic heterocycles. The molecule has 3 aromatic rings. The van der Waals surface area contributed by atoms with Gasteiger partial charge in [-0.1, -0.05) is 60.7 Å². The second kappa shape index (κ2) is 8.93. The average molecular weight is 386 g/mol. The lowest BCUT2D eigenvalue weighted by atomic mass is 10.0. The number of carbonyl (C=O) groups excluding carboxylic acids is 1. The highest BCUT2D eigenvalue weighted by molar-refractivity contribution is 5.96. The molecule has 1 amide bonds. The molecule has 0 bridgehead atoms. The molecule has 0 heterocycles. The van der Waals surface area contributed by atoms with Crippen LogP contribution in [0.25, 0.3) is 11.1 Å². The lowest BCUT2D eigenvalue weighted by molar-refractivity contribution is -0.117. The molecule has 1 N–H and O–H groups in total. The molecule has 0 saturated heterocycles. The monoisotopic (exact) mass is 386 g/mol. The largest absolute Gasteiger partial charge is 0.497 e. The Labute approximate surface area is 172 Å². The van der Waals surface area contributed by atoms with Crippen molar-refractivity contribution in [2.24, 2.45) is 0 Å². The van der Waals surface area contributed by atoms with Crippen LogP contribution in [-0.4, -0.2) is 30.5 Å². The van der Waals surface area contributed by atoms with Crippen LogP contribution < -0.4 is 10.1 Å². The van der Waals surface area contributed by atoms with Crippen LogP contribution in [-0.2, 0) is 11.3 Å². The number of ether oxygens (including phenoxy) is 1. The fourth-order valence-electron chi connectivity index (χ4n) is 3.55. The summed E-state index contributed by atoms with van der Waals surface area (Å²) in [7, 11) is 1.67. The van der Waals surface area contributed by atoms with Crippen LogP contribution in [0.2, 0.25) is 0 Å². The number of anilines is 1. The Morgan fingerprint density at radius 1 is 0.966 bits per heavy atom. The second-order valence-corrected chi connectivity index (χ2v) is 7.44. The molecule has 4 heteroatoms. The van der Waals surface area contributed by atoms with Gasteiger partial charge in [0.05, 0.1) is 13.7 Å². The van der Waals surface area contributed by atoms with E-state index in [0.717, 1.165) is 42.0 Å². The standard InChI is InChI=1S/C25H26N2O2/c1-29-22-15-11-19(12-16-22)17-27(21-13-14-21)18-25(28)26-24-10-6-5-9-23(24)20-7-3-2-4-8-20/h2-12,15-16,21H,13-14,17-18H2,1H3,(H,26,28). The quantitative estimate of drug-likeness (QED) is 0.595. The summed E-state index contributed by atoms with van der Waals surface area (Å²) in [6, 6.07) is 26.7. The number of nitrogens with one attached hydrogen (secondary N) is 1. The zero-order valence-corrected chi connectivity index (χ0v) is 16.7. The number of nitrogens with zero attached hydrogens (tertiary/aromatic N) is 1. The summed E-state index contributed by atoms with van der Waals surface area (Å²) in [5, 5.41) is 3.13. The molecule has 4 rings (SSSR count). The molecule has 4 nitrogen and oxygen atoms in total. The summed E-state index contributed by atoms with van der Waals surface area (Å²) in [5.74, 6) is 0.871. The van der Waals surface area contributed by atoms with E-state index >= 15 is 0 Å². The first-order chi connectivity index (χ1) is 14.2. The van der Waals surface area contributed by atoms with E-state index in [1.165, 1.54) is 5.56 Å². The van der Waals surface area contributed by atoms with E-state index in [1.807, 2.05) is 54.6 Å². The molecule has 1 fully saturated rings. The Morgan fingerprint density at radius 2 is 1.66 bits per heavy atom. The van der Waals surface area contributed by atoms with E-state index in [2.05, 4.69) is 34.5 Å². The summed E-state index contributed by atoms with van der Waals surface area (Å²) in [4.78, 5) is 15.1. The second-order valence-electron chi connectivity index (χ2n) is 7.44. The van der Waals surface area contributed by atoms with Crippen molar-refractivity contribution < 1.29 is 9.53 Å². The average Bonchev–Trinajstić information content (AvgIpc) is 3.60. The maximum absolute atomic E-state index is 12.9. The number of amides is 1. The smallest absolute Gasteiger partial charge is 0.238 e. The van der Waals surface area contributed by atoms with Crippen LogP contribution in [0.5, 0.6) is 5.75 Å². The van der Waals surface area contributed by atoms with Gasteiger partial charge in [0.15, 0.2) is 0 Å². The highest BCUT2D eigenvalue weighted by Gasteiger charge is 2.30. The number of hydrogen-bond acceptors (Lipinski definition) is 3. The first-order valence-corrected chi connectivity index (χ1v) is 10.0. The summed E-state index contributed by atoms with van der Waals surface area (Å²) < 4.78 is 5.23. The van der Waals surface area contributed by atoms with E-state index < -0.39 is 0 Å². The highest BCUT2D eigenvalue weighted by Crippen LogP contribution is 2.30. The van der Waals surface area contributed by atoms with Gasteiger partial charge in [-0.05, 0) is 42.2 Å². The lowest BCUT2D eigenvalue weighted by Gasteiger charge is -2.22. The number of hydrogen-bond donors (Lipinski definition) is 1. The molecule has 1 aliphatic carbocycles. The van der Waals surface area contributed by atoms with Crippen molar-refractivity contribution in [2.45, 2.75) is 25.4 Å². The van der Waals surface area contributed by atoms with Crippen molar-refractivity contribution in [1.82, 2.24) is 4.90 Å². The summed E-state index contributed by atoms with van der Waals surface area (Å²) in [6.45, 7) is 1.15. The zero-order valence-electron chi connectivity index (χ0n) is 16.7. The first-order valence-electron chi connectivity index (χ1n) is 10.0. The number of benzene rings is 3. The van der Waals surface area contributed by atoms with Crippen molar-refractivity contribution in [3.63, 3.8) is 0 Å². The van der Waals surface area contributed by atoms with Gasteiger partial charge in [-0.3, -0.25) is 9.69 Å². The van der Waals surface area contributed by atoms with Gasteiger partial charge in [-0.2, -0.15) is 0 Å². The van der Waals surface area contributed by atoms with Gasteiger partial charge in [-0.15, -0.1) is 0 Å². The van der Waals surface area contributed by atoms with Crippen LogP contribution in [0.4, 0.5) is 5.69 Å². The molecular weight excluding hydrogens is 360 g/mol. The minimum absolute atomic E-state index is 0.0220. The van der Waals surface area contributed by atoms with Gasteiger partial charge in [0, 0.05) is 23.8 Å². The van der Waals surface area contributed by atoms with Gasteiger partial charge < -0.3 is 10.1 Å². The van der Waals surface area contributed by atoms with Gasteiger partial charge in [0.25, 0.3) is 0 Å². The maximum atomic E-state index is 12.9. The summed E-state index contributed by atoms with van der Waals surface area (Å²) in [5.41, 5.74) is 4.18. The molecule has 3 aromatic carbocycles. The Hall–Kier alpha value is -3.11. The van der Waals surface area contributed by atoms with Gasteiger partial charge in [0.2, 0.25) is 5.91 Å². The molecule has 0 unspecified atom stereocenters. The van der Waals surface area contributed by atoms with E-state index in [-0.39, 0.29) is 5.91 Å². The summed E-state index contributed by atoms with van der Waals surface area (Å²) >= 11 is 0. The van der Waals surface area contributed by atoms with E-state index in [0.29, 0.717) is 12.6 Å². The van der Waals surface area contributed by atoms with Crippen LogP contribution >= 0.6 is 0 Å². The summed E-state index contributed by atoms with van der Waals surface area (Å²) in [6.07, 6.45) is 2.31. The van der Waals surface area contributed by atoms with Crippen molar-refractivity contribution >= 4 is 11.6 Å². The van der Waals surface area contributed by atoms with Crippen LogP contribution in [0.15, 0.2) is 78.9 Å². The molecule has 0 radical (unpaired) electrons. The first kappa shape index (κ1) is 19.2. The predicted octanol–water partition coefficient (Wildman–Crippen LogP) is 4.97. The Bertz CT molecular complexity index is 950. The molecule has 1 aliphatic rings. The Morgan fingerprint density at radius 3 is 2.34 bits per heavy atom. The third kappa shape index (κ3) is 5.04. The van der Waals surface area contributed by atoms with Crippen molar-refractivity contribution in [3.05, 3.63) is 84.4 Å². The number of carbonyl (C=O) groups is 1. The van der Waals surface area contributed by atoms with Crippen molar-refractivity contribution in [3.8, 4) is 16.9 Å². The van der Waals surface area contributed by atoms with Gasteiger partial charge in [0.1, 0.15) is 5.75 Å². The molecular formula is C25H26N2O2. The molecule has 0 spiro atoms. The molecule has 0 aliphatic heterocycles. The third-order valence-electron chi connectivity index (χ3n) is 5.24. The maximum Gasteiger partial charge on any atom is 0.238 e. The lowest BCUT2D eigenvalue weighted by Crippen LogP contribution is -2.34. The SMILES string of the molecule is COc1ccc(CN(CC(=O)Nc2ccccc2-c2ccccc2)C2CC2)cc1. The van der Waals surface area contributed by atoms with E-state index in [4.69, 9.17) is 4.74 Å². The fraction of sp³-hybridized carbons (Fsp3) is 0.240. The fourth-order valence-corrected chi connectivity index (χ4v) is 3.55. The van der Waals surface area contributed by atoms with Crippen LogP contribution in [0, 0.1) is 0 Å². The third-order valence-corrected chi connectivity index (χ3v) is 5.24. The number of methoxy groups -OCH3 is 1. The van der Waals surface area contributed by atoms with Crippen LogP contribution in [0.3, 0.4) is 0 Å². The Kier molecular flexibility index (Phi) is 5.92. The molecule has 1 saturated carbocycles. The van der Waals surface area contributed by atoms with Gasteiger partial charge in [-0.25, -0.2) is 0 Å². The molecule has 0 atom stereocenters.